The van der Waals surface area contributed by atoms with Crippen molar-refractivity contribution in [3.05, 3.63) is 75.3 Å². The number of non-ortho nitro benzene ring substituents is 1. The number of nitro benzene ring substituents is 1. The quantitative estimate of drug-likeness (QED) is 0.655. The number of aliphatic hydroxyl groups excluding tert-OH is 1. The lowest BCUT2D eigenvalue weighted by Crippen LogP contribution is -2.37. The lowest BCUT2D eigenvalue weighted by molar-refractivity contribution is -0.384. The van der Waals surface area contributed by atoms with Gasteiger partial charge in [-0.05, 0) is 25.0 Å². The van der Waals surface area contributed by atoms with Gasteiger partial charge < -0.3 is 10.4 Å². The number of hydrogen-bond acceptors (Lipinski definition) is 4. The van der Waals surface area contributed by atoms with Crippen LogP contribution in [0, 0.1) is 17.0 Å². The van der Waals surface area contributed by atoms with Crippen LogP contribution in [0.3, 0.4) is 0 Å². The van der Waals surface area contributed by atoms with Crippen LogP contribution in [0.25, 0.3) is 0 Å². The van der Waals surface area contributed by atoms with Crippen LogP contribution in [-0.2, 0) is 0 Å². The van der Waals surface area contributed by atoms with Crippen molar-refractivity contribution in [1.29, 1.82) is 0 Å². The molecule has 0 unspecified atom stereocenters. The molecule has 2 aromatic carbocycles. The van der Waals surface area contributed by atoms with Crippen molar-refractivity contribution in [3.8, 4) is 0 Å². The normalized spacial score (nSPS) is 13.2. The van der Waals surface area contributed by atoms with Crippen LogP contribution in [0.4, 0.5) is 5.69 Å². The summed E-state index contributed by atoms with van der Waals surface area (Å²) in [5.74, 6) is -0.450. The Kier molecular flexibility index (Phi) is 5.08. The zero-order chi connectivity index (χ0) is 17.0. The maximum Gasteiger partial charge on any atom is 0.270 e. The number of rotatable bonds is 5. The highest BCUT2D eigenvalue weighted by Crippen LogP contribution is 2.19. The Balaban J connectivity index is 2.15. The Morgan fingerprint density at radius 3 is 2.48 bits per heavy atom. The van der Waals surface area contributed by atoms with Gasteiger partial charge in [0.05, 0.1) is 17.1 Å². The van der Waals surface area contributed by atoms with Crippen molar-refractivity contribution in [2.75, 3.05) is 0 Å². The van der Waals surface area contributed by atoms with E-state index in [1.807, 2.05) is 6.07 Å². The van der Waals surface area contributed by atoms with Gasteiger partial charge in [-0.2, -0.15) is 0 Å². The summed E-state index contributed by atoms with van der Waals surface area (Å²) in [5, 5.41) is 23.8. The van der Waals surface area contributed by atoms with Crippen molar-refractivity contribution >= 4 is 11.6 Å². The monoisotopic (exact) mass is 314 g/mol. The molecule has 0 radical (unpaired) electrons. The predicted molar refractivity (Wildman–Crippen MR) is 86.2 cm³/mol. The molecule has 0 fully saturated rings. The van der Waals surface area contributed by atoms with Gasteiger partial charge in [0, 0.05) is 17.7 Å². The van der Waals surface area contributed by atoms with Gasteiger partial charge in [0.25, 0.3) is 11.6 Å². The molecular weight excluding hydrogens is 296 g/mol. The molecule has 0 saturated carbocycles. The molecule has 1 amide bonds. The molecule has 6 nitrogen and oxygen atoms in total. The topological polar surface area (TPSA) is 92.5 Å². The first-order chi connectivity index (χ1) is 10.9. The summed E-state index contributed by atoms with van der Waals surface area (Å²) in [4.78, 5) is 22.6. The number of aliphatic hydroxyl groups is 1. The molecule has 0 bridgehead atoms. The summed E-state index contributed by atoms with van der Waals surface area (Å²) in [6, 6.07) is 12.6. The van der Waals surface area contributed by atoms with E-state index in [1.54, 1.807) is 38.1 Å². The minimum atomic E-state index is -0.862. The number of amides is 1. The minimum absolute atomic E-state index is 0.142. The summed E-state index contributed by atoms with van der Waals surface area (Å²) >= 11 is 0. The van der Waals surface area contributed by atoms with Crippen LogP contribution < -0.4 is 5.32 Å². The summed E-state index contributed by atoms with van der Waals surface area (Å²) in [5.41, 5.74) is 1.41. The third-order valence-corrected chi connectivity index (χ3v) is 3.65. The summed E-state index contributed by atoms with van der Waals surface area (Å²) in [7, 11) is 0. The predicted octanol–water partition coefficient (Wildman–Crippen LogP) is 2.76. The Labute approximate surface area is 133 Å². The van der Waals surface area contributed by atoms with Gasteiger partial charge in [-0.1, -0.05) is 36.4 Å². The zero-order valence-corrected chi connectivity index (χ0v) is 12.9. The number of benzene rings is 2. The third-order valence-electron chi connectivity index (χ3n) is 3.65. The number of carbonyl (C=O) groups is 1. The average Bonchev–Trinajstić information content (AvgIpc) is 2.54. The molecule has 0 spiro atoms. The molecule has 0 aliphatic rings. The first kappa shape index (κ1) is 16.6. The van der Waals surface area contributed by atoms with Crippen molar-refractivity contribution in [3.63, 3.8) is 0 Å². The van der Waals surface area contributed by atoms with Gasteiger partial charge >= 0.3 is 0 Å². The maximum absolute atomic E-state index is 12.3. The van der Waals surface area contributed by atoms with E-state index in [4.69, 9.17) is 0 Å². The fourth-order valence-corrected chi connectivity index (χ4v) is 2.27. The number of nitrogens with zero attached hydrogens (tertiary/aromatic N) is 1. The van der Waals surface area contributed by atoms with Crippen LogP contribution in [0.5, 0.6) is 0 Å². The SMILES string of the molecule is Cc1ccc([N+](=O)[O-])cc1C(=O)N[C@@H](C)[C@@H](O)c1ccccc1. The molecule has 0 aliphatic heterocycles. The van der Waals surface area contributed by atoms with E-state index in [-0.39, 0.29) is 11.3 Å². The molecule has 2 rings (SSSR count). The smallest absolute Gasteiger partial charge is 0.270 e. The molecule has 2 N–H and O–H groups in total. The van der Waals surface area contributed by atoms with E-state index in [9.17, 15) is 20.0 Å². The zero-order valence-electron chi connectivity index (χ0n) is 12.9. The van der Waals surface area contributed by atoms with Crippen molar-refractivity contribution in [1.82, 2.24) is 5.32 Å². The second kappa shape index (κ2) is 7.02. The standard InChI is InChI=1S/C17H18N2O4/c1-11-8-9-14(19(22)23)10-15(11)17(21)18-12(2)16(20)13-6-4-3-5-7-13/h3-10,12,16,20H,1-2H3,(H,18,21)/t12-,16+/m0/s1. The van der Waals surface area contributed by atoms with E-state index in [1.165, 1.54) is 18.2 Å². The molecule has 120 valence electrons. The number of hydrogen-bond donors (Lipinski definition) is 2. The van der Waals surface area contributed by atoms with Gasteiger partial charge in [0.2, 0.25) is 0 Å². The molecule has 2 atom stereocenters. The summed E-state index contributed by atoms with van der Waals surface area (Å²) in [6.45, 7) is 3.39. The van der Waals surface area contributed by atoms with Crippen molar-refractivity contribution in [2.45, 2.75) is 26.0 Å². The Morgan fingerprint density at radius 1 is 1.22 bits per heavy atom. The third kappa shape index (κ3) is 3.92. The maximum atomic E-state index is 12.3. The van der Waals surface area contributed by atoms with Gasteiger partial charge in [0.15, 0.2) is 0 Å². The van der Waals surface area contributed by atoms with Crippen LogP contribution in [0.15, 0.2) is 48.5 Å². The second-order valence-electron chi connectivity index (χ2n) is 5.37. The van der Waals surface area contributed by atoms with Gasteiger partial charge in [0.1, 0.15) is 0 Å². The minimum Gasteiger partial charge on any atom is -0.386 e. The molecule has 0 heterocycles. The van der Waals surface area contributed by atoms with Crippen LogP contribution in [-0.4, -0.2) is 22.0 Å². The summed E-state index contributed by atoms with van der Waals surface area (Å²) < 4.78 is 0. The average molecular weight is 314 g/mol. The number of aryl methyl sites for hydroxylation is 1. The van der Waals surface area contributed by atoms with Gasteiger partial charge in [-0.15, -0.1) is 0 Å². The fourth-order valence-electron chi connectivity index (χ4n) is 2.27. The Morgan fingerprint density at radius 2 is 1.87 bits per heavy atom. The lowest BCUT2D eigenvalue weighted by atomic mass is 10.0. The number of nitrogens with one attached hydrogen (secondary N) is 1. The largest absolute Gasteiger partial charge is 0.386 e. The fraction of sp³-hybridized carbons (Fsp3) is 0.235. The van der Waals surface area contributed by atoms with E-state index < -0.39 is 23.0 Å². The highest BCUT2D eigenvalue weighted by molar-refractivity contribution is 5.96. The first-order valence-corrected chi connectivity index (χ1v) is 7.19. The molecule has 0 aromatic heterocycles. The highest BCUT2D eigenvalue weighted by atomic mass is 16.6. The second-order valence-corrected chi connectivity index (χ2v) is 5.37. The van der Waals surface area contributed by atoms with Crippen molar-refractivity contribution in [2.24, 2.45) is 0 Å². The first-order valence-electron chi connectivity index (χ1n) is 7.19. The van der Waals surface area contributed by atoms with E-state index in [2.05, 4.69) is 5.32 Å². The molecule has 0 aliphatic carbocycles. The molecule has 23 heavy (non-hydrogen) atoms. The van der Waals surface area contributed by atoms with E-state index >= 15 is 0 Å². The molecule has 2 aromatic rings. The molecule has 6 heteroatoms. The van der Waals surface area contributed by atoms with Gasteiger partial charge in [-0.3, -0.25) is 14.9 Å². The van der Waals surface area contributed by atoms with Gasteiger partial charge in [-0.25, -0.2) is 0 Å². The van der Waals surface area contributed by atoms with Crippen LogP contribution in [0.2, 0.25) is 0 Å². The Bertz CT molecular complexity index is 716. The Hall–Kier alpha value is -2.73. The van der Waals surface area contributed by atoms with E-state index in [0.717, 1.165) is 0 Å². The van der Waals surface area contributed by atoms with Crippen LogP contribution >= 0.6 is 0 Å². The number of carbonyl (C=O) groups excluding carboxylic acids is 1. The summed E-state index contributed by atoms with van der Waals surface area (Å²) in [6.07, 6.45) is -0.862. The number of nitro groups is 1. The molecular formula is C17H18N2O4. The molecule has 0 saturated heterocycles. The van der Waals surface area contributed by atoms with Crippen molar-refractivity contribution < 1.29 is 14.8 Å². The lowest BCUT2D eigenvalue weighted by Gasteiger charge is -2.21. The highest BCUT2D eigenvalue weighted by Gasteiger charge is 2.21. The van der Waals surface area contributed by atoms with E-state index in [0.29, 0.717) is 11.1 Å². The van der Waals surface area contributed by atoms with Crippen LogP contribution in [0.1, 0.15) is 34.5 Å².